The van der Waals surface area contributed by atoms with E-state index in [4.69, 9.17) is 12.2 Å². The van der Waals surface area contributed by atoms with Crippen LogP contribution in [0.1, 0.15) is 32.8 Å². The minimum Gasteiger partial charge on any atom is -0.372 e. The molecule has 0 unspecified atom stereocenters. The Labute approximate surface area is 183 Å². The Morgan fingerprint density at radius 2 is 1.53 bits per heavy atom. The maximum absolute atomic E-state index is 13.3. The number of para-hydroxylation sites is 1. The Morgan fingerprint density at radius 1 is 0.900 bits per heavy atom. The molecule has 30 heavy (non-hydrogen) atoms. The van der Waals surface area contributed by atoms with Crippen molar-refractivity contribution in [2.45, 2.75) is 27.2 Å². The largest absolute Gasteiger partial charge is 0.372 e. The van der Waals surface area contributed by atoms with E-state index in [0.29, 0.717) is 12.2 Å². The normalized spacial score (nSPS) is 15.8. The van der Waals surface area contributed by atoms with E-state index in [9.17, 15) is 9.59 Å². The van der Waals surface area contributed by atoms with Gasteiger partial charge in [0.2, 0.25) is 0 Å². The molecule has 1 heterocycles. The third-order valence-corrected chi connectivity index (χ3v) is 5.53. The lowest BCUT2D eigenvalue weighted by Gasteiger charge is -2.36. The molecule has 0 spiro atoms. The van der Waals surface area contributed by atoms with Crippen LogP contribution in [0.15, 0.2) is 60.2 Å². The third-order valence-electron chi connectivity index (χ3n) is 5.13. The van der Waals surface area contributed by atoms with Gasteiger partial charge in [0, 0.05) is 25.3 Å². The Hall–Kier alpha value is -2.99. The summed E-state index contributed by atoms with van der Waals surface area (Å²) in [7, 11) is 0. The Morgan fingerprint density at radius 3 is 2.10 bits per heavy atom. The van der Waals surface area contributed by atoms with Gasteiger partial charge in [-0.3, -0.25) is 19.4 Å². The first-order valence-electron chi connectivity index (χ1n) is 10.3. The molecule has 2 aromatic rings. The molecule has 1 aliphatic heterocycles. The molecule has 1 aliphatic rings. The van der Waals surface area contributed by atoms with Crippen LogP contribution in [0.25, 0.3) is 6.08 Å². The zero-order valence-corrected chi connectivity index (χ0v) is 18.5. The topological polar surface area (TPSA) is 43.9 Å². The molecule has 0 saturated carbocycles. The van der Waals surface area contributed by atoms with Crippen molar-refractivity contribution in [3.8, 4) is 0 Å². The summed E-state index contributed by atoms with van der Waals surface area (Å²) in [5.74, 6) is -0.733. The smallest absolute Gasteiger partial charge is 0.270 e. The molecule has 156 valence electrons. The van der Waals surface area contributed by atoms with Crippen molar-refractivity contribution in [2.24, 2.45) is 0 Å². The molecular weight excluding hydrogens is 394 g/mol. The molecule has 0 atom stereocenters. The second-order valence-electron chi connectivity index (χ2n) is 7.04. The van der Waals surface area contributed by atoms with Gasteiger partial charge in [0.1, 0.15) is 5.57 Å². The van der Waals surface area contributed by atoms with Crippen LogP contribution in [0.2, 0.25) is 0 Å². The van der Waals surface area contributed by atoms with E-state index in [1.165, 1.54) is 9.80 Å². The summed E-state index contributed by atoms with van der Waals surface area (Å²) >= 11 is 5.52. The van der Waals surface area contributed by atoms with Crippen molar-refractivity contribution >= 4 is 46.6 Å². The molecule has 2 aromatic carbocycles. The highest BCUT2D eigenvalue weighted by Crippen LogP contribution is 2.26. The van der Waals surface area contributed by atoms with E-state index >= 15 is 0 Å². The van der Waals surface area contributed by atoms with E-state index < -0.39 is 5.91 Å². The average Bonchev–Trinajstić information content (AvgIpc) is 2.77. The molecule has 0 aliphatic carbocycles. The number of hydrogen-bond donors (Lipinski definition) is 0. The summed E-state index contributed by atoms with van der Waals surface area (Å²) in [6.07, 6.45) is 2.41. The van der Waals surface area contributed by atoms with Gasteiger partial charge in [-0.15, -0.1) is 0 Å². The highest BCUT2D eigenvalue weighted by atomic mass is 32.1. The molecule has 5 nitrogen and oxygen atoms in total. The van der Waals surface area contributed by atoms with Crippen LogP contribution in [0, 0.1) is 0 Å². The number of nitrogens with zero attached hydrogens (tertiary/aromatic N) is 3. The molecule has 0 aromatic heterocycles. The predicted octanol–water partition coefficient (Wildman–Crippen LogP) is 4.49. The van der Waals surface area contributed by atoms with Gasteiger partial charge in [-0.1, -0.05) is 37.3 Å². The molecule has 6 heteroatoms. The van der Waals surface area contributed by atoms with E-state index in [1.54, 1.807) is 6.08 Å². The second-order valence-corrected chi connectivity index (χ2v) is 7.40. The van der Waals surface area contributed by atoms with Crippen molar-refractivity contribution < 1.29 is 9.59 Å². The Bertz CT molecular complexity index is 950. The summed E-state index contributed by atoms with van der Waals surface area (Å²) in [6.45, 7) is 8.51. The van der Waals surface area contributed by atoms with Crippen LogP contribution in [0.5, 0.6) is 0 Å². The maximum atomic E-state index is 13.3. The summed E-state index contributed by atoms with van der Waals surface area (Å²) in [6, 6.07) is 17.1. The fourth-order valence-corrected chi connectivity index (χ4v) is 3.90. The van der Waals surface area contributed by atoms with Gasteiger partial charge in [0.15, 0.2) is 5.11 Å². The first-order valence-corrected chi connectivity index (χ1v) is 10.7. The van der Waals surface area contributed by atoms with Gasteiger partial charge in [-0.25, -0.2) is 0 Å². The van der Waals surface area contributed by atoms with Crippen molar-refractivity contribution in [1.29, 1.82) is 0 Å². The molecule has 1 saturated heterocycles. The van der Waals surface area contributed by atoms with E-state index in [-0.39, 0.29) is 16.6 Å². The molecule has 3 rings (SSSR count). The summed E-state index contributed by atoms with van der Waals surface area (Å²) in [5.41, 5.74) is 2.70. The van der Waals surface area contributed by atoms with Gasteiger partial charge in [0.25, 0.3) is 11.8 Å². The zero-order chi connectivity index (χ0) is 21.7. The van der Waals surface area contributed by atoms with E-state index in [2.05, 4.69) is 18.7 Å². The lowest BCUT2D eigenvalue weighted by atomic mass is 10.0. The molecular formula is C24H27N3O2S. The fraction of sp³-hybridized carbons (Fsp3) is 0.292. The van der Waals surface area contributed by atoms with Crippen LogP contribution >= 0.6 is 12.2 Å². The minimum absolute atomic E-state index is 0.122. The van der Waals surface area contributed by atoms with Crippen molar-refractivity contribution in [2.75, 3.05) is 29.4 Å². The summed E-state index contributed by atoms with van der Waals surface area (Å²) in [5, 5.41) is 0.229. The van der Waals surface area contributed by atoms with Crippen molar-refractivity contribution in [3.05, 3.63) is 65.7 Å². The van der Waals surface area contributed by atoms with Crippen molar-refractivity contribution in [1.82, 2.24) is 4.90 Å². The van der Waals surface area contributed by atoms with E-state index in [1.807, 2.05) is 61.5 Å². The maximum Gasteiger partial charge on any atom is 0.270 e. The summed E-state index contributed by atoms with van der Waals surface area (Å²) < 4.78 is 0. The number of carbonyl (C=O) groups is 2. The summed E-state index contributed by atoms with van der Waals surface area (Å²) in [4.78, 5) is 31.6. The SMILES string of the molecule is CCCN1C(=O)/C(=C/c2ccc(N(CC)CC)cc2)C(=O)N(c2ccccc2)C1=S. The second kappa shape index (κ2) is 9.67. The fourth-order valence-electron chi connectivity index (χ4n) is 3.54. The zero-order valence-electron chi connectivity index (χ0n) is 17.7. The van der Waals surface area contributed by atoms with Gasteiger partial charge in [-0.2, -0.15) is 0 Å². The third kappa shape index (κ3) is 4.28. The van der Waals surface area contributed by atoms with Crippen LogP contribution in [0.3, 0.4) is 0 Å². The number of rotatable bonds is 7. The van der Waals surface area contributed by atoms with E-state index in [0.717, 1.165) is 30.8 Å². The number of carbonyl (C=O) groups excluding carboxylic acids is 2. The van der Waals surface area contributed by atoms with Crippen LogP contribution in [0.4, 0.5) is 11.4 Å². The van der Waals surface area contributed by atoms with Crippen LogP contribution in [-0.4, -0.2) is 41.5 Å². The molecule has 2 amide bonds. The van der Waals surface area contributed by atoms with Gasteiger partial charge in [0.05, 0.1) is 5.69 Å². The van der Waals surface area contributed by atoms with Crippen molar-refractivity contribution in [3.63, 3.8) is 0 Å². The van der Waals surface area contributed by atoms with Gasteiger partial charge in [-0.05, 0) is 68.4 Å². The molecule has 1 fully saturated rings. The molecule has 0 N–H and O–H groups in total. The number of hydrogen-bond acceptors (Lipinski definition) is 4. The Balaban J connectivity index is 2.00. The Kier molecular flexibility index (Phi) is 7.00. The minimum atomic E-state index is -0.392. The predicted molar refractivity (Wildman–Crippen MR) is 127 cm³/mol. The standard InChI is InChI=1S/C24H27N3O2S/c1-4-16-26-22(28)21(17-18-12-14-19(15-13-18)25(5-2)6-3)23(29)27(24(26)30)20-10-8-7-9-11-20/h7-15,17H,4-6,16H2,1-3H3/b21-17-. The number of thiocarbonyl (C=S) groups is 1. The first-order chi connectivity index (χ1) is 14.5. The highest BCUT2D eigenvalue weighted by Gasteiger charge is 2.39. The molecule has 0 radical (unpaired) electrons. The number of amides is 2. The van der Waals surface area contributed by atoms with Crippen LogP contribution in [-0.2, 0) is 9.59 Å². The van der Waals surface area contributed by atoms with Gasteiger partial charge >= 0.3 is 0 Å². The lowest BCUT2D eigenvalue weighted by molar-refractivity contribution is -0.127. The first kappa shape index (κ1) is 21.7. The lowest BCUT2D eigenvalue weighted by Crippen LogP contribution is -2.56. The van der Waals surface area contributed by atoms with Crippen LogP contribution < -0.4 is 9.80 Å². The molecule has 0 bridgehead atoms. The average molecular weight is 422 g/mol. The highest BCUT2D eigenvalue weighted by molar-refractivity contribution is 7.80. The van der Waals surface area contributed by atoms with Gasteiger partial charge < -0.3 is 4.90 Å². The quantitative estimate of drug-likeness (QED) is 0.375. The number of anilines is 2. The monoisotopic (exact) mass is 421 g/mol. The number of benzene rings is 2.